The zero-order valence-electron chi connectivity index (χ0n) is 11.6. The van der Waals surface area contributed by atoms with Crippen LogP contribution in [0.2, 0.25) is 10.0 Å². The lowest BCUT2D eigenvalue weighted by Gasteiger charge is -2.24. The first-order valence-electron chi connectivity index (χ1n) is 6.24. The van der Waals surface area contributed by atoms with Crippen molar-refractivity contribution in [3.8, 4) is 0 Å². The lowest BCUT2D eigenvalue weighted by atomic mass is 10.3. The van der Waals surface area contributed by atoms with Gasteiger partial charge < -0.3 is 0 Å². The quantitative estimate of drug-likeness (QED) is 0.688. The van der Waals surface area contributed by atoms with Crippen LogP contribution in [0.1, 0.15) is 0 Å². The number of benzene rings is 2. The van der Waals surface area contributed by atoms with Crippen LogP contribution in [0.15, 0.2) is 41.3 Å². The van der Waals surface area contributed by atoms with Crippen LogP contribution >= 0.6 is 34.8 Å². The second kappa shape index (κ2) is 7.23. The summed E-state index contributed by atoms with van der Waals surface area (Å²) in [7, 11) is -4.49. The van der Waals surface area contributed by atoms with E-state index in [1.807, 2.05) is 0 Å². The molecular weight excluding hydrogens is 407 g/mol. The van der Waals surface area contributed by atoms with Crippen LogP contribution in [0, 0.1) is 11.6 Å². The molecule has 0 spiro atoms. The number of halogens is 5. The highest BCUT2D eigenvalue weighted by Gasteiger charge is 2.31. The van der Waals surface area contributed by atoms with Crippen molar-refractivity contribution in [2.75, 3.05) is 10.8 Å². The first-order chi connectivity index (χ1) is 11.1. The average molecular weight is 415 g/mol. The Kier molecular flexibility index (Phi) is 5.70. The summed E-state index contributed by atoms with van der Waals surface area (Å²) in [4.78, 5) is 10.8. The Hall–Kier alpha value is -1.41. The smallest absolute Gasteiger partial charge is 0.266 e. The minimum Gasteiger partial charge on any atom is -0.279 e. The summed E-state index contributed by atoms with van der Waals surface area (Å²) in [6.45, 7) is -0.880. The number of rotatable bonds is 5. The third-order valence-corrected chi connectivity index (χ3v) is 5.50. The minimum absolute atomic E-state index is 0.0645. The summed E-state index contributed by atoms with van der Waals surface area (Å²) in [5.74, 6) is -2.10. The fourth-order valence-corrected chi connectivity index (χ4v) is 4.25. The minimum atomic E-state index is -4.49. The summed E-state index contributed by atoms with van der Waals surface area (Å²) < 4.78 is 53.1. The number of carbonyl (C=O) groups is 1. The van der Waals surface area contributed by atoms with Gasteiger partial charge in [-0.05, 0) is 41.9 Å². The lowest BCUT2D eigenvalue weighted by molar-refractivity contribution is -0.110. The van der Waals surface area contributed by atoms with E-state index in [9.17, 15) is 22.0 Å². The van der Waals surface area contributed by atoms with E-state index in [1.165, 1.54) is 12.1 Å². The molecule has 24 heavy (non-hydrogen) atoms. The molecule has 0 saturated heterocycles. The Morgan fingerprint density at radius 2 is 1.75 bits per heavy atom. The Balaban J connectivity index is 2.66. The van der Waals surface area contributed by atoms with Crippen LogP contribution in [0.5, 0.6) is 0 Å². The number of carbonyl (C=O) groups excluding carboxylic acids is 1. The summed E-state index contributed by atoms with van der Waals surface area (Å²) >= 11 is 16.9. The predicted octanol–water partition coefficient (Wildman–Crippen LogP) is 4.23. The first-order valence-corrected chi connectivity index (χ1v) is 8.81. The predicted molar refractivity (Wildman–Crippen MR) is 88.2 cm³/mol. The van der Waals surface area contributed by atoms with Gasteiger partial charge in [-0.15, -0.1) is 0 Å². The maximum absolute atomic E-state index is 14.0. The van der Waals surface area contributed by atoms with Gasteiger partial charge in [0.1, 0.15) is 23.1 Å². The second-order valence-electron chi connectivity index (χ2n) is 4.54. The zero-order chi connectivity index (χ0) is 18.1. The standard InChI is InChI=1S/C14H8Cl3F2NO3S/c15-8-1-3-10(16)13(5-8)24(22,23)20(7-14(17)21)12-4-2-9(18)6-11(12)19/h1-6H,7H2. The molecule has 10 heteroatoms. The van der Waals surface area contributed by atoms with E-state index in [0.29, 0.717) is 10.4 Å². The average Bonchev–Trinajstić information content (AvgIpc) is 2.47. The van der Waals surface area contributed by atoms with E-state index in [2.05, 4.69) is 0 Å². The summed E-state index contributed by atoms with van der Waals surface area (Å²) in [5, 5.41) is -1.19. The van der Waals surface area contributed by atoms with Gasteiger partial charge in [0.2, 0.25) is 5.24 Å². The molecule has 2 aromatic carbocycles. The molecule has 0 amide bonds. The molecule has 0 aromatic heterocycles. The fraction of sp³-hybridized carbons (Fsp3) is 0.0714. The molecule has 0 bridgehead atoms. The van der Waals surface area contributed by atoms with E-state index < -0.39 is 44.0 Å². The Labute approximate surface area is 151 Å². The molecule has 0 aliphatic heterocycles. The highest BCUT2D eigenvalue weighted by atomic mass is 35.5. The maximum atomic E-state index is 14.0. The van der Waals surface area contributed by atoms with Crippen molar-refractivity contribution >= 4 is 55.8 Å². The van der Waals surface area contributed by atoms with Gasteiger partial charge in [0.25, 0.3) is 10.0 Å². The third-order valence-electron chi connectivity index (χ3n) is 2.91. The lowest BCUT2D eigenvalue weighted by Crippen LogP contribution is -2.35. The molecule has 2 aromatic rings. The molecule has 0 saturated carbocycles. The van der Waals surface area contributed by atoms with Crippen LogP contribution in [0.25, 0.3) is 0 Å². The molecule has 0 aliphatic carbocycles. The van der Waals surface area contributed by atoms with E-state index in [4.69, 9.17) is 34.8 Å². The van der Waals surface area contributed by atoms with Crippen molar-refractivity contribution in [1.82, 2.24) is 0 Å². The SMILES string of the molecule is O=C(Cl)CN(c1ccc(F)cc1F)S(=O)(=O)c1cc(Cl)ccc1Cl. The molecular formula is C14H8Cl3F2NO3S. The van der Waals surface area contributed by atoms with Gasteiger partial charge in [-0.1, -0.05) is 23.2 Å². The fourth-order valence-electron chi connectivity index (χ4n) is 1.89. The molecule has 0 aliphatic rings. The zero-order valence-corrected chi connectivity index (χ0v) is 14.7. The number of hydrogen-bond acceptors (Lipinski definition) is 3. The Morgan fingerprint density at radius 3 is 2.33 bits per heavy atom. The van der Waals surface area contributed by atoms with Crippen molar-refractivity contribution in [1.29, 1.82) is 0 Å². The first kappa shape index (κ1) is 18.9. The molecule has 0 unspecified atom stereocenters. The molecule has 0 N–H and O–H groups in total. The summed E-state index contributed by atoms with van der Waals surface area (Å²) in [6, 6.07) is 5.85. The highest BCUT2D eigenvalue weighted by Crippen LogP contribution is 2.32. The van der Waals surface area contributed by atoms with Crippen LogP contribution in [0.4, 0.5) is 14.5 Å². The summed E-state index contributed by atoms with van der Waals surface area (Å²) in [5.41, 5.74) is -0.554. The highest BCUT2D eigenvalue weighted by molar-refractivity contribution is 7.93. The van der Waals surface area contributed by atoms with Crippen LogP contribution in [-0.4, -0.2) is 20.2 Å². The maximum Gasteiger partial charge on any atom is 0.266 e. The van der Waals surface area contributed by atoms with Gasteiger partial charge in [-0.25, -0.2) is 17.2 Å². The van der Waals surface area contributed by atoms with Gasteiger partial charge >= 0.3 is 0 Å². The third kappa shape index (κ3) is 3.97. The Morgan fingerprint density at radius 1 is 1.08 bits per heavy atom. The van der Waals surface area contributed by atoms with Crippen molar-refractivity contribution in [2.45, 2.75) is 4.90 Å². The number of nitrogens with zero attached hydrogens (tertiary/aromatic N) is 1. The van der Waals surface area contributed by atoms with Gasteiger partial charge in [-0.2, -0.15) is 0 Å². The van der Waals surface area contributed by atoms with Gasteiger partial charge in [-0.3, -0.25) is 9.10 Å². The number of sulfonamides is 1. The van der Waals surface area contributed by atoms with Gasteiger partial charge in [0, 0.05) is 11.1 Å². The molecule has 0 atom stereocenters. The molecule has 0 heterocycles. The van der Waals surface area contributed by atoms with Crippen LogP contribution < -0.4 is 4.31 Å². The summed E-state index contributed by atoms with van der Waals surface area (Å²) in [6.07, 6.45) is 0. The van der Waals surface area contributed by atoms with Crippen molar-refractivity contribution in [2.24, 2.45) is 0 Å². The second-order valence-corrected chi connectivity index (χ2v) is 7.63. The van der Waals surface area contributed by atoms with E-state index >= 15 is 0 Å². The molecule has 0 fully saturated rings. The topological polar surface area (TPSA) is 54.5 Å². The molecule has 4 nitrogen and oxygen atoms in total. The monoisotopic (exact) mass is 413 g/mol. The van der Waals surface area contributed by atoms with Crippen molar-refractivity contribution in [3.63, 3.8) is 0 Å². The van der Waals surface area contributed by atoms with Crippen molar-refractivity contribution < 1.29 is 22.0 Å². The van der Waals surface area contributed by atoms with Gasteiger partial charge in [0.15, 0.2) is 0 Å². The Bertz CT molecular complexity index is 906. The van der Waals surface area contributed by atoms with E-state index in [1.54, 1.807) is 0 Å². The molecule has 0 radical (unpaired) electrons. The van der Waals surface area contributed by atoms with E-state index in [0.717, 1.165) is 18.2 Å². The number of hydrogen-bond donors (Lipinski definition) is 0. The molecule has 128 valence electrons. The van der Waals surface area contributed by atoms with Crippen LogP contribution in [0.3, 0.4) is 0 Å². The van der Waals surface area contributed by atoms with Crippen LogP contribution in [-0.2, 0) is 14.8 Å². The number of anilines is 1. The van der Waals surface area contributed by atoms with Crippen molar-refractivity contribution in [3.05, 3.63) is 58.1 Å². The van der Waals surface area contributed by atoms with Gasteiger partial charge in [0.05, 0.1) is 10.7 Å². The van der Waals surface area contributed by atoms with E-state index in [-0.39, 0.29) is 10.0 Å². The molecule has 2 rings (SSSR count). The normalized spacial score (nSPS) is 11.4. The largest absolute Gasteiger partial charge is 0.279 e.